The lowest BCUT2D eigenvalue weighted by Crippen LogP contribution is -2.27. The number of fused-ring (bicyclic) bond motifs is 1. The molecule has 0 amide bonds. The largest absolute Gasteiger partial charge is 0.486 e. The third kappa shape index (κ3) is 4.27. The molecule has 1 heterocycles. The summed E-state index contributed by atoms with van der Waals surface area (Å²) in [5.74, 6) is 1.47. The second kappa shape index (κ2) is 7.23. The Bertz CT molecular complexity index is 818. The number of ether oxygens (including phenoxy) is 2. The van der Waals surface area contributed by atoms with Gasteiger partial charge in [-0.1, -0.05) is 30.3 Å². The number of hydrogen-bond donors (Lipinski definition) is 1. The van der Waals surface area contributed by atoms with E-state index in [-0.39, 0.29) is 5.75 Å². The van der Waals surface area contributed by atoms with Gasteiger partial charge in [0.2, 0.25) is 10.0 Å². The van der Waals surface area contributed by atoms with Crippen molar-refractivity contribution in [1.82, 2.24) is 4.72 Å². The van der Waals surface area contributed by atoms with Gasteiger partial charge in [-0.25, -0.2) is 13.1 Å². The van der Waals surface area contributed by atoms with Gasteiger partial charge < -0.3 is 9.47 Å². The van der Waals surface area contributed by atoms with E-state index >= 15 is 0 Å². The standard InChI is InChI=1S/C18H21NO4S/c1-14-4-2-3-5-16(14)13-24(20,21)19-9-8-15-6-7-17-18(12-15)23-11-10-22-17/h2-7,12,19H,8-11,13H2,1H3. The van der Waals surface area contributed by atoms with Crippen LogP contribution in [0.2, 0.25) is 0 Å². The fourth-order valence-electron chi connectivity index (χ4n) is 2.62. The normalized spacial score (nSPS) is 13.7. The van der Waals surface area contributed by atoms with E-state index in [9.17, 15) is 8.42 Å². The molecule has 0 radical (unpaired) electrons. The van der Waals surface area contributed by atoms with Crippen LogP contribution < -0.4 is 14.2 Å². The summed E-state index contributed by atoms with van der Waals surface area (Å²) in [4.78, 5) is 0. The number of benzene rings is 2. The van der Waals surface area contributed by atoms with Gasteiger partial charge in [0.15, 0.2) is 11.5 Å². The summed E-state index contributed by atoms with van der Waals surface area (Å²) in [6, 6.07) is 13.2. The number of sulfonamides is 1. The molecule has 0 atom stereocenters. The van der Waals surface area contributed by atoms with E-state index in [0.29, 0.717) is 26.2 Å². The number of hydrogen-bond acceptors (Lipinski definition) is 4. The average Bonchev–Trinajstić information content (AvgIpc) is 2.56. The monoisotopic (exact) mass is 347 g/mol. The van der Waals surface area contributed by atoms with Crippen molar-refractivity contribution in [1.29, 1.82) is 0 Å². The summed E-state index contributed by atoms with van der Waals surface area (Å²) in [5, 5.41) is 0. The van der Waals surface area contributed by atoms with E-state index in [1.54, 1.807) is 0 Å². The van der Waals surface area contributed by atoms with Crippen LogP contribution in [0.5, 0.6) is 11.5 Å². The lowest BCUT2D eigenvalue weighted by molar-refractivity contribution is 0.171. The van der Waals surface area contributed by atoms with Crippen molar-refractivity contribution in [3.63, 3.8) is 0 Å². The molecule has 0 saturated heterocycles. The van der Waals surface area contributed by atoms with Crippen LogP contribution >= 0.6 is 0 Å². The zero-order valence-corrected chi connectivity index (χ0v) is 14.4. The Morgan fingerprint density at radius 3 is 2.58 bits per heavy atom. The molecule has 0 aromatic heterocycles. The van der Waals surface area contributed by atoms with Crippen LogP contribution in [-0.4, -0.2) is 28.2 Å². The summed E-state index contributed by atoms with van der Waals surface area (Å²) in [6.07, 6.45) is 0.601. The van der Waals surface area contributed by atoms with Crippen molar-refractivity contribution in [2.45, 2.75) is 19.1 Å². The third-order valence-electron chi connectivity index (χ3n) is 3.95. The molecular formula is C18H21NO4S. The van der Waals surface area contributed by atoms with Crippen molar-refractivity contribution >= 4 is 10.0 Å². The summed E-state index contributed by atoms with van der Waals surface area (Å²) in [6.45, 7) is 3.37. The van der Waals surface area contributed by atoms with Crippen LogP contribution in [0.25, 0.3) is 0 Å². The SMILES string of the molecule is Cc1ccccc1CS(=O)(=O)NCCc1ccc2c(c1)OCCO2. The van der Waals surface area contributed by atoms with Gasteiger partial charge in [-0.05, 0) is 42.2 Å². The maximum Gasteiger partial charge on any atom is 0.215 e. The molecule has 5 nitrogen and oxygen atoms in total. The maximum absolute atomic E-state index is 12.2. The highest BCUT2D eigenvalue weighted by atomic mass is 32.2. The van der Waals surface area contributed by atoms with Gasteiger partial charge in [0.25, 0.3) is 0 Å². The van der Waals surface area contributed by atoms with Crippen molar-refractivity contribution in [2.24, 2.45) is 0 Å². The van der Waals surface area contributed by atoms with Crippen molar-refractivity contribution in [2.75, 3.05) is 19.8 Å². The van der Waals surface area contributed by atoms with Gasteiger partial charge in [0.1, 0.15) is 13.2 Å². The van der Waals surface area contributed by atoms with Gasteiger partial charge in [0.05, 0.1) is 5.75 Å². The summed E-state index contributed by atoms with van der Waals surface area (Å²) in [5.41, 5.74) is 2.82. The molecule has 0 unspecified atom stereocenters. The summed E-state index contributed by atoms with van der Waals surface area (Å²) < 4.78 is 38.1. The second-order valence-electron chi connectivity index (χ2n) is 5.81. The minimum absolute atomic E-state index is 0.000806. The molecule has 24 heavy (non-hydrogen) atoms. The first kappa shape index (κ1) is 16.8. The quantitative estimate of drug-likeness (QED) is 0.872. The highest BCUT2D eigenvalue weighted by molar-refractivity contribution is 7.88. The fraction of sp³-hybridized carbons (Fsp3) is 0.333. The second-order valence-corrected chi connectivity index (χ2v) is 7.61. The summed E-state index contributed by atoms with van der Waals surface area (Å²) in [7, 11) is -3.35. The first-order chi connectivity index (χ1) is 11.5. The molecule has 0 saturated carbocycles. The van der Waals surface area contributed by atoms with Gasteiger partial charge in [0, 0.05) is 6.54 Å². The van der Waals surface area contributed by atoms with Gasteiger partial charge in [-0.2, -0.15) is 0 Å². The van der Waals surface area contributed by atoms with E-state index in [1.807, 2.05) is 49.4 Å². The van der Waals surface area contributed by atoms with Crippen LogP contribution in [0, 0.1) is 6.92 Å². The molecular weight excluding hydrogens is 326 g/mol. The molecule has 6 heteroatoms. The molecule has 0 fully saturated rings. The summed E-state index contributed by atoms with van der Waals surface area (Å²) >= 11 is 0. The Labute approximate surface area is 142 Å². The lowest BCUT2D eigenvalue weighted by Gasteiger charge is -2.18. The van der Waals surface area contributed by atoms with Crippen LogP contribution in [0.4, 0.5) is 0 Å². The minimum atomic E-state index is -3.35. The predicted molar refractivity (Wildman–Crippen MR) is 92.9 cm³/mol. The van der Waals surface area contributed by atoms with Crippen molar-refractivity contribution in [3.8, 4) is 11.5 Å². The zero-order chi connectivity index (χ0) is 17.0. The van der Waals surface area contributed by atoms with Gasteiger partial charge in [-0.3, -0.25) is 0 Å². The van der Waals surface area contributed by atoms with E-state index in [1.165, 1.54) is 0 Å². The number of nitrogens with one attached hydrogen (secondary N) is 1. The Hall–Kier alpha value is -2.05. The zero-order valence-electron chi connectivity index (χ0n) is 13.6. The average molecular weight is 347 g/mol. The van der Waals surface area contributed by atoms with Crippen molar-refractivity contribution < 1.29 is 17.9 Å². The third-order valence-corrected chi connectivity index (χ3v) is 5.28. The van der Waals surface area contributed by atoms with Crippen LogP contribution in [-0.2, 0) is 22.2 Å². The Kier molecular flexibility index (Phi) is 5.06. The molecule has 0 aliphatic carbocycles. The van der Waals surface area contributed by atoms with Crippen molar-refractivity contribution in [3.05, 3.63) is 59.2 Å². The minimum Gasteiger partial charge on any atom is -0.486 e. The molecule has 2 aromatic rings. The fourth-order valence-corrected chi connectivity index (χ4v) is 3.87. The molecule has 1 aliphatic heterocycles. The van der Waals surface area contributed by atoms with E-state index in [2.05, 4.69) is 4.72 Å². The first-order valence-electron chi connectivity index (χ1n) is 7.94. The van der Waals surface area contributed by atoms with Gasteiger partial charge >= 0.3 is 0 Å². The van der Waals surface area contributed by atoms with Gasteiger partial charge in [-0.15, -0.1) is 0 Å². The first-order valence-corrected chi connectivity index (χ1v) is 9.59. The van der Waals surface area contributed by atoms with E-state index in [0.717, 1.165) is 28.2 Å². The molecule has 0 spiro atoms. The maximum atomic E-state index is 12.2. The molecule has 2 aromatic carbocycles. The van der Waals surface area contributed by atoms with Crippen LogP contribution in [0.3, 0.4) is 0 Å². The molecule has 1 aliphatic rings. The molecule has 128 valence electrons. The highest BCUT2D eigenvalue weighted by Gasteiger charge is 2.14. The van der Waals surface area contributed by atoms with Crippen LogP contribution in [0.15, 0.2) is 42.5 Å². The molecule has 0 bridgehead atoms. The smallest absolute Gasteiger partial charge is 0.215 e. The van der Waals surface area contributed by atoms with Crippen LogP contribution in [0.1, 0.15) is 16.7 Å². The van der Waals surface area contributed by atoms with E-state index in [4.69, 9.17) is 9.47 Å². The Morgan fingerprint density at radius 2 is 1.79 bits per heavy atom. The topological polar surface area (TPSA) is 64.6 Å². The molecule has 1 N–H and O–H groups in total. The Morgan fingerprint density at radius 1 is 1.04 bits per heavy atom. The molecule has 3 rings (SSSR count). The Balaban J connectivity index is 1.56. The highest BCUT2D eigenvalue weighted by Crippen LogP contribution is 2.30. The lowest BCUT2D eigenvalue weighted by atomic mass is 10.1. The number of rotatable bonds is 6. The predicted octanol–water partition coefficient (Wildman–Crippen LogP) is 2.43. The van der Waals surface area contributed by atoms with E-state index < -0.39 is 10.0 Å². The number of aryl methyl sites for hydroxylation is 1.